The zero-order valence-electron chi connectivity index (χ0n) is 12.6. The summed E-state index contributed by atoms with van der Waals surface area (Å²) in [6.07, 6.45) is -1.59. The van der Waals surface area contributed by atoms with Crippen molar-refractivity contribution in [3.63, 3.8) is 0 Å². The highest BCUT2D eigenvalue weighted by atomic mass is 19.4. The minimum absolute atomic E-state index is 0.00945. The Hall–Kier alpha value is -2.39. The summed E-state index contributed by atoms with van der Waals surface area (Å²) in [6.45, 7) is 1.09. The molecule has 2 aliphatic rings. The molecule has 4 rings (SSSR count). The first kappa shape index (κ1) is 15.2. The van der Waals surface area contributed by atoms with Crippen LogP contribution in [0.3, 0.4) is 0 Å². The van der Waals surface area contributed by atoms with Gasteiger partial charge in [0.1, 0.15) is 5.82 Å². The fourth-order valence-corrected chi connectivity index (χ4v) is 2.91. The van der Waals surface area contributed by atoms with E-state index in [0.29, 0.717) is 23.4 Å². The first-order chi connectivity index (χ1) is 11.4. The van der Waals surface area contributed by atoms with E-state index in [-0.39, 0.29) is 23.5 Å². The zero-order chi connectivity index (χ0) is 16.9. The zero-order valence-corrected chi connectivity index (χ0v) is 12.6. The van der Waals surface area contributed by atoms with E-state index in [0.717, 1.165) is 19.3 Å². The number of hydrogen-bond donors (Lipinski definition) is 1. The molecule has 1 saturated carbocycles. The van der Waals surface area contributed by atoms with Crippen LogP contribution in [0.4, 0.5) is 19.0 Å². The number of halogens is 3. The number of anilines is 1. The van der Waals surface area contributed by atoms with Crippen LogP contribution in [0.1, 0.15) is 25.1 Å². The van der Waals surface area contributed by atoms with E-state index >= 15 is 0 Å². The lowest BCUT2D eigenvalue weighted by Gasteiger charge is -2.43. The van der Waals surface area contributed by atoms with Crippen LogP contribution in [0.5, 0.6) is 0 Å². The van der Waals surface area contributed by atoms with Crippen LogP contribution < -0.4 is 5.32 Å². The average molecular weight is 340 g/mol. The standard InChI is InChI=1S/C14H15F3N6O/c15-14(16,17)13-20-19-11-5-4-10(21-23(11)13)18-9-6-22(7-9)12(24)8-2-1-3-8/h4-5,8-9H,1-3,6-7H2,(H,18,21). The molecule has 0 spiro atoms. The number of carbonyl (C=O) groups excluding carboxylic acids is 1. The predicted molar refractivity (Wildman–Crippen MR) is 77.1 cm³/mol. The van der Waals surface area contributed by atoms with E-state index in [2.05, 4.69) is 20.6 Å². The molecule has 2 fully saturated rings. The third kappa shape index (κ3) is 2.55. The van der Waals surface area contributed by atoms with Gasteiger partial charge in [-0.25, -0.2) is 0 Å². The van der Waals surface area contributed by atoms with Crippen molar-refractivity contribution in [2.75, 3.05) is 18.4 Å². The van der Waals surface area contributed by atoms with E-state index < -0.39 is 12.0 Å². The maximum Gasteiger partial charge on any atom is 0.453 e. The minimum Gasteiger partial charge on any atom is -0.362 e. The lowest BCUT2D eigenvalue weighted by Crippen LogP contribution is -2.59. The second-order valence-corrected chi connectivity index (χ2v) is 6.22. The SMILES string of the molecule is O=C(C1CCC1)N1CC(Nc2ccc3nnc(C(F)(F)F)n3n2)C1. The molecule has 0 aromatic carbocycles. The van der Waals surface area contributed by atoms with Crippen LogP contribution in [0.2, 0.25) is 0 Å². The molecule has 24 heavy (non-hydrogen) atoms. The van der Waals surface area contributed by atoms with E-state index in [4.69, 9.17) is 0 Å². The predicted octanol–water partition coefficient (Wildman–Crippen LogP) is 1.57. The highest BCUT2D eigenvalue weighted by Gasteiger charge is 2.38. The molecule has 1 amide bonds. The Kier molecular flexibility index (Phi) is 3.36. The van der Waals surface area contributed by atoms with Crippen molar-refractivity contribution in [2.24, 2.45) is 5.92 Å². The van der Waals surface area contributed by atoms with Gasteiger partial charge in [0, 0.05) is 19.0 Å². The van der Waals surface area contributed by atoms with Crippen LogP contribution >= 0.6 is 0 Å². The number of alkyl halides is 3. The minimum atomic E-state index is -4.62. The van der Waals surface area contributed by atoms with Gasteiger partial charge in [-0.05, 0) is 25.0 Å². The Bertz CT molecular complexity index is 778. The second kappa shape index (κ2) is 5.32. The molecule has 10 heteroatoms. The van der Waals surface area contributed by atoms with Crippen molar-refractivity contribution >= 4 is 17.4 Å². The first-order valence-corrected chi connectivity index (χ1v) is 7.77. The summed E-state index contributed by atoms with van der Waals surface area (Å²) in [5, 5.41) is 13.6. The number of nitrogens with zero attached hydrogens (tertiary/aromatic N) is 5. The van der Waals surface area contributed by atoms with Crippen molar-refractivity contribution in [2.45, 2.75) is 31.5 Å². The number of amides is 1. The second-order valence-electron chi connectivity index (χ2n) is 6.22. The summed E-state index contributed by atoms with van der Waals surface area (Å²) in [5.41, 5.74) is 0.0308. The topological polar surface area (TPSA) is 75.4 Å². The Morgan fingerprint density at radius 2 is 1.96 bits per heavy atom. The van der Waals surface area contributed by atoms with Gasteiger partial charge in [-0.1, -0.05) is 6.42 Å². The molecule has 0 unspecified atom stereocenters. The molecule has 0 radical (unpaired) electrons. The van der Waals surface area contributed by atoms with Gasteiger partial charge in [-0.3, -0.25) is 4.79 Å². The Labute approximate surface area is 134 Å². The van der Waals surface area contributed by atoms with E-state index in [1.807, 2.05) is 0 Å². The summed E-state index contributed by atoms with van der Waals surface area (Å²) < 4.78 is 39.2. The molecule has 1 saturated heterocycles. The number of aromatic nitrogens is 4. The highest BCUT2D eigenvalue weighted by Crippen LogP contribution is 2.30. The van der Waals surface area contributed by atoms with Gasteiger partial charge >= 0.3 is 6.18 Å². The summed E-state index contributed by atoms with van der Waals surface area (Å²) in [4.78, 5) is 13.8. The lowest BCUT2D eigenvalue weighted by molar-refractivity contribution is -0.146. The molecule has 1 aliphatic heterocycles. The smallest absolute Gasteiger partial charge is 0.362 e. The molecule has 1 aliphatic carbocycles. The van der Waals surface area contributed by atoms with Gasteiger partial charge in [0.25, 0.3) is 5.82 Å². The van der Waals surface area contributed by atoms with Gasteiger partial charge in [-0.15, -0.1) is 15.3 Å². The fraction of sp³-hybridized carbons (Fsp3) is 0.571. The maximum atomic E-state index is 12.8. The molecule has 1 N–H and O–H groups in total. The number of carbonyl (C=O) groups is 1. The molecule has 7 nitrogen and oxygen atoms in total. The van der Waals surface area contributed by atoms with E-state index in [1.54, 1.807) is 11.0 Å². The monoisotopic (exact) mass is 340 g/mol. The van der Waals surface area contributed by atoms with Gasteiger partial charge in [0.05, 0.1) is 6.04 Å². The number of fused-ring (bicyclic) bond motifs is 1. The van der Waals surface area contributed by atoms with Gasteiger partial charge in [0.2, 0.25) is 5.91 Å². The summed E-state index contributed by atoms with van der Waals surface area (Å²) in [6, 6.07) is 2.97. The molecule has 2 aromatic rings. The van der Waals surface area contributed by atoms with Crippen molar-refractivity contribution in [3.05, 3.63) is 18.0 Å². The molecular formula is C14H15F3N6O. The Morgan fingerprint density at radius 1 is 1.21 bits per heavy atom. The van der Waals surface area contributed by atoms with Crippen molar-refractivity contribution in [1.29, 1.82) is 0 Å². The van der Waals surface area contributed by atoms with Gasteiger partial charge < -0.3 is 10.2 Å². The lowest BCUT2D eigenvalue weighted by atomic mass is 9.83. The van der Waals surface area contributed by atoms with Crippen molar-refractivity contribution in [1.82, 2.24) is 24.7 Å². The summed E-state index contributed by atoms with van der Waals surface area (Å²) >= 11 is 0. The molecule has 0 atom stereocenters. The number of nitrogens with one attached hydrogen (secondary N) is 1. The van der Waals surface area contributed by atoms with Crippen LogP contribution in [-0.2, 0) is 11.0 Å². The molecule has 128 valence electrons. The van der Waals surface area contributed by atoms with Gasteiger partial charge in [-0.2, -0.15) is 17.7 Å². The van der Waals surface area contributed by atoms with Crippen molar-refractivity contribution in [3.8, 4) is 0 Å². The Morgan fingerprint density at radius 3 is 2.58 bits per heavy atom. The van der Waals surface area contributed by atoms with E-state index in [1.165, 1.54) is 6.07 Å². The van der Waals surface area contributed by atoms with Crippen molar-refractivity contribution < 1.29 is 18.0 Å². The number of likely N-dealkylation sites (tertiary alicyclic amines) is 1. The van der Waals surface area contributed by atoms with Crippen LogP contribution in [-0.4, -0.2) is 49.7 Å². The molecule has 0 bridgehead atoms. The molecular weight excluding hydrogens is 325 g/mol. The number of hydrogen-bond acceptors (Lipinski definition) is 5. The van der Waals surface area contributed by atoms with E-state index in [9.17, 15) is 18.0 Å². The van der Waals surface area contributed by atoms with Gasteiger partial charge in [0.15, 0.2) is 5.65 Å². The highest BCUT2D eigenvalue weighted by molar-refractivity contribution is 5.80. The Balaban J connectivity index is 1.43. The normalized spacial score (nSPS) is 19.2. The molecule has 3 heterocycles. The van der Waals surface area contributed by atoms with Crippen LogP contribution in [0.15, 0.2) is 12.1 Å². The summed E-state index contributed by atoms with van der Waals surface area (Å²) in [7, 11) is 0. The quantitative estimate of drug-likeness (QED) is 0.918. The third-order valence-electron chi connectivity index (χ3n) is 4.52. The van der Waals surface area contributed by atoms with Crippen LogP contribution in [0.25, 0.3) is 5.65 Å². The first-order valence-electron chi connectivity index (χ1n) is 7.77. The molecule has 2 aromatic heterocycles. The largest absolute Gasteiger partial charge is 0.453 e. The maximum absolute atomic E-state index is 12.8. The fourth-order valence-electron chi connectivity index (χ4n) is 2.91. The van der Waals surface area contributed by atoms with Crippen LogP contribution in [0, 0.1) is 5.92 Å². The number of rotatable bonds is 3. The summed E-state index contributed by atoms with van der Waals surface area (Å²) in [5.74, 6) is -0.516. The third-order valence-corrected chi connectivity index (χ3v) is 4.52. The average Bonchev–Trinajstić information content (AvgIpc) is 2.83.